The number of benzene rings is 1. The first kappa shape index (κ1) is 17.8. The minimum Gasteiger partial charge on any atom is -0.396 e. The Balaban J connectivity index is 2.16. The molecule has 0 spiro atoms. The summed E-state index contributed by atoms with van der Waals surface area (Å²) in [7, 11) is 0. The molecule has 130 valence electrons. The highest BCUT2D eigenvalue weighted by Crippen LogP contribution is 2.25. The fourth-order valence-corrected chi connectivity index (χ4v) is 2.32. The summed E-state index contributed by atoms with van der Waals surface area (Å²) in [6, 6.07) is 4.55. The van der Waals surface area contributed by atoms with Crippen LogP contribution in [0.15, 0.2) is 23.3 Å². The number of nitrogens with one attached hydrogen (secondary N) is 1. The smallest absolute Gasteiger partial charge is 0.270 e. The van der Waals surface area contributed by atoms with E-state index in [0.29, 0.717) is 38.3 Å². The first-order valence-electron chi connectivity index (χ1n) is 7.65. The van der Waals surface area contributed by atoms with Gasteiger partial charge in [0.15, 0.2) is 0 Å². The van der Waals surface area contributed by atoms with E-state index < -0.39 is 4.92 Å². The summed E-state index contributed by atoms with van der Waals surface area (Å²) in [6.45, 7) is 2.48. The van der Waals surface area contributed by atoms with E-state index in [9.17, 15) is 14.9 Å². The number of non-ortho nitro benzene ring substituents is 1. The number of ether oxygens (including phenoxy) is 1. The number of carbonyl (C=O) groups is 1. The molecule has 0 bridgehead atoms. The number of hydrogen-bond acceptors (Lipinski definition) is 7. The second-order valence-corrected chi connectivity index (χ2v) is 5.22. The van der Waals surface area contributed by atoms with Gasteiger partial charge in [0.05, 0.1) is 24.4 Å². The number of hydrogen-bond donors (Lipinski definition) is 2. The van der Waals surface area contributed by atoms with E-state index in [1.54, 1.807) is 6.07 Å². The Hall–Kier alpha value is -2.52. The summed E-state index contributed by atoms with van der Waals surface area (Å²) in [5.41, 5.74) is 3.66. The molecular weight excluding hydrogens is 316 g/mol. The highest BCUT2D eigenvalue weighted by Gasteiger charge is 2.17. The molecule has 0 aromatic heterocycles. The third kappa shape index (κ3) is 5.00. The average Bonchev–Trinajstić information content (AvgIpc) is 2.60. The van der Waals surface area contributed by atoms with Crippen LogP contribution in [0.5, 0.6) is 0 Å². The summed E-state index contributed by atoms with van der Waals surface area (Å²) in [5.74, 6) is -0.321. The van der Waals surface area contributed by atoms with Crippen LogP contribution in [0.25, 0.3) is 0 Å². The number of amides is 1. The predicted octanol–water partition coefficient (Wildman–Crippen LogP) is 0.654. The van der Waals surface area contributed by atoms with Crippen molar-refractivity contribution in [1.82, 2.24) is 5.43 Å². The molecule has 0 aliphatic carbocycles. The molecule has 2 N–H and O–H groups in total. The van der Waals surface area contributed by atoms with Gasteiger partial charge in [-0.25, -0.2) is 5.43 Å². The summed E-state index contributed by atoms with van der Waals surface area (Å²) in [5, 5.41) is 23.5. The van der Waals surface area contributed by atoms with Crippen molar-refractivity contribution in [2.75, 3.05) is 37.8 Å². The monoisotopic (exact) mass is 336 g/mol. The highest BCUT2D eigenvalue weighted by molar-refractivity contribution is 5.90. The van der Waals surface area contributed by atoms with Crippen LogP contribution in [0.1, 0.15) is 18.4 Å². The lowest BCUT2D eigenvalue weighted by Gasteiger charge is -2.29. The van der Waals surface area contributed by atoms with E-state index in [4.69, 9.17) is 9.84 Å². The molecule has 1 fully saturated rings. The minimum atomic E-state index is -0.472. The van der Waals surface area contributed by atoms with Crippen molar-refractivity contribution in [2.45, 2.75) is 12.8 Å². The quantitative estimate of drug-likeness (QED) is 0.429. The van der Waals surface area contributed by atoms with E-state index >= 15 is 0 Å². The molecular formula is C15H20N4O5. The number of aliphatic hydroxyl groups excluding tert-OH is 1. The van der Waals surface area contributed by atoms with E-state index in [0.717, 1.165) is 5.69 Å². The number of carbonyl (C=O) groups excluding carboxylic acids is 1. The van der Waals surface area contributed by atoms with Gasteiger partial charge >= 0.3 is 0 Å². The van der Waals surface area contributed by atoms with E-state index in [2.05, 4.69) is 15.4 Å². The van der Waals surface area contributed by atoms with Crippen molar-refractivity contribution in [1.29, 1.82) is 0 Å². The lowest BCUT2D eigenvalue weighted by molar-refractivity contribution is -0.384. The maximum atomic E-state index is 11.5. The van der Waals surface area contributed by atoms with Crippen LogP contribution in [-0.4, -0.2) is 55.1 Å². The van der Waals surface area contributed by atoms with Gasteiger partial charge in [0.1, 0.15) is 0 Å². The normalized spacial score (nSPS) is 14.8. The third-order valence-corrected chi connectivity index (χ3v) is 3.53. The second-order valence-electron chi connectivity index (χ2n) is 5.22. The number of aliphatic hydroxyl groups is 1. The number of anilines is 1. The molecule has 2 rings (SSSR count). The van der Waals surface area contributed by atoms with Gasteiger partial charge in [-0.3, -0.25) is 14.9 Å². The molecule has 0 unspecified atom stereocenters. The Morgan fingerprint density at radius 2 is 2.21 bits per heavy atom. The van der Waals surface area contributed by atoms with Gasteiger partial charge in [-0.15, -0.1) is 0 Å². The predicted molar refractivity (Wildman–Crippen MR) is 88.2 cm³/mol. The number of morpholine rings is 1. The van der Waals surface area contributed by atoms with Crippen LogP contribution < -0.4 is 10.3 Å². The largest absolute Gasteiger partial charge is 0.396 e. The summed E-state index contributed by atoms with van der Waals surface area (Å²) in [4.78, 5) is 24.0. The van der Waals surface area contributed by atoms with Gasteiger partial charge in [0.25, 0.3) is 5.69 Å². The third-order valence-electron chi connectivity index (χ3n) is 3.53. The minimum absolute atomic E-state index is 0.0416. The highest BCUT2D eigenvalue weighted by atomic mass is 16.6. The maximum Gasteiger partial charge on any atom is 0.270 e. The van der Waals surface area contributed by atoms with Gasteiger partial charge in [0.2, 0.25) is 5.91 Å². The number of nitro groups is 1. The van der Waals surface area contributed by atoms with Gasteiger partial charge in [-0.2, -0.15) is 5.10 Å². The zero-order valence-electron chi connectivity index (χ0n) is 13.2. The SMILES string of the molecule is O=C(CCCO)N/N=C\c1cc([N+](=O)[O-])ccc1N1CCOCC1. The molecule has 9 nitrogen and oxygen atoms in total. The number of hydrazone groups is 1. The molecule has 9 heteroatoms. The van der Waals surface area contributed by atoms with Crippen LogP contribution >= 0.6 is 0 Å². The molecule has 24 heavy (non-hydrogen) atoms. The van der Waals surface area contributed by atoms with E-state index in [-0.39, 0.29) is 24.6 Å². The molecule has 1 heterocycles. The van der Waals surface area contributed by atoms with Gasteiger partial charge in [-0.1, -0.05) is 0 Å². The number of nitrogens with zero attached hydrogens (tertiary/aromatic N) is 3. The molecule has 1 aromatic carbocycles. The Morgan fingerprint density at radius 3 is 2.88 bits per heavy atom. The van der Waals surface area contributed by atoms with Gasteiger partial charge < -0.3 is 14.7 Å². The van der Waals surface area contributed by atoms with Crippen molar-refractivity contribution in [2.24, 2.45) is 5.10 Å². The molecule has 0 saturated carbocycles. The zero-order chi connectivity index (χ0) is 17.4. The lowest BCUT2D eigenvalue weighted by Crippen LogP contribution is -2.36. The van der Waals surface area contributed by atoms with Crippen LogP contribution in [0.3, 0.4) is 0 Å². The van der Waals surface area contributed by atoms with Gasteiger partial charge in [0, 0.05) is 49.5 Å². The molecule has 1 aliphatic heterocycles. The Bertz CT molecular complexity index is 614. The first-order valence-corrected chi connectivity index (χ1v) is 7.65. The van der Waals surface area contributed by atoms with E-state index in [1.807, 2.05) is 0 Å². The van der Waals surface area contributed by atoms with Crippen molar-refractivity contribution < 1.29 is 19.6 Å². The summed E-state index contributed by atoms with van der Waals surface area (Å²) in [6.07, 6.45) is 1.92. The van der Waals surface area contributed by atoms with E-state index in [1.165, 1.54) is 18.3 Å². The number of rotatable bonds is 7. The molecule has 1 aromatic rings. The fraction of sp³-hybridized carbons (Fsp3) is 0.467. The van der Waals surface area contributed by atoms with Crippen molar-refractivity contribution in [3.63, 3.8) is 0 Å². The average molecular weight is 336 g/mol. The van der Waals surface area contributed by atoms with Crippen LogP contribution in [0, 0.1) is 10.1 Å². The molecule has 1 amide bonds. The lowest BCUT2D eigenvalue weighted by atomic mass is 10.1. The van der Waals surface area contributed by atoms with Crippen LogP contribution in [0.2, 0.25) is 0 Å². The topological polar surface area (TPSA) is 117 Å². The maximum absolute atomic E-state index is 11.5. The Labute approximate surface area is 139 Å². The Morgan fingerprint density at radius 1 is 1.46 bits per heavy atom. The van der Waals surface area contributed by atoms with Crippen molar-refractivity contribution in [3.8, 4) is 0 Å². The number of nitro benzene ring substituents is 1. The standard InChI is InChI=1S/C15H20N4O5/c20-7-1-2-15(21)17-16-11-12-10-13(19(22)23)3-4-14(12)18-5-8-24-9-6-18/h3-4,10-11,20H,1-2,5-9H2,(H,17,21)/b16-11-. The van der Waals surface area contributed by atoms with Crippen molar-refractivity contribution in [3.05, 3.63) is 33.9 Å². The summed E-state index contributed by atoms with van der Waals surface area (Å²) < 4.78 is 5.31. The molecule has 0 atom stereocenters. The summed E-state index contributed by atoms with van der Waals surface area (Å²) >= 11 is 0. The first-order chi connectivity index (χ1) is 11.6. The molecule has 1 aliphatic rings. The fourth-order valence-electron chi connectivity index (χ4n) is 2.32. The molecule has 0 radical (unpaired) electrons. The van der Waals surface area contributed by atoms with Crippen LogP contribution in [0.4, 0.5) is 11.4 Å². The van der Waals surface area contributed by atoms with Crippen molar-refractivity contribution >= 4 is 23.5 Å². The second kappa shape index (κ2) is 8.94. The van der Waals surface area contributed by atoms with Crippen LogP contribution in [-0.2, 0) is 9.53 Å². The Kier molecular flexibility index (Phi) is 6.64. The molecule has 1 saturated heterocycles. The zero-order valence-corrected chi connectivity index (χ0v) is 13.2. The van der Waals surface area contributed by atoms with Gasteiger partial charge in [-0.05, 0) is 12.5 Å².